The molecule has 0 aliphatic rings. The average Bonchev–Trinajstić information content (AvgIpc) is 2.38. The highest BCUT2D eigenvalue weighted by Gasteiger charge is 1.98. The van der Waals surface area contributed by atoms with E-state index < -0.39 is 10.1 Å². The normalized spacial score (nSPS) is 10.3. The van der Waals surface area contributed by atoms with Crippen molar-refractivity contribution in [3.8, 4) is 0 Å². The summed E-state index contributed by atoms with van der Waals surface area (Å²) >= 11 is 6.25. The highest BCUT2D eigenvalue weighted by Crippen LogP contribution is 1.93. The Morgan fingerprint density at radius 2 is 2.31 bits per heavy atom. The van der Waals surface area contributed by atoms with Gasteiger partial charge in [0, 0.05) is 11.6 Å². The van der Waals surface area contributed by atoms with Gasteiger partial charge >= 0.3 is 0 Å². The molecule has 76 valence electrons. The molecule has 0 aliphatic heterocycles. The Bertz CT molecular complexity index is 348. The second kappa shape index (κ2) is 6.25. The Hall–Kier alpha value is -0.240. The zero-order valence-corrected chi connectivity index (χ0v) is 9.51. The van der Waals surface area contributed by atoms with Crippen molar-refractivity contribution in [3.63, 3.8) is 0 Å². The van der Waals surface area contributed by atoms with Crippen molar-refractivity contribution in [2.45, 2.75) is 13.3 Å². The van der Waals surface area contributed by atoms with Gasteiger partial charge in [-0.2, -0.15) is 8.42 Å². The van der Waals surface area contributed by atoms with Crippen molar-refractivity contribution < 1.29 is 13.0 Å². The van der Waals surface area contributed by atoms with Crippen LogP contribution in [-0.2, 0) is 10.1 Å². The van der Waals surface area contributed by atoms with Gasteiger partial charge in [-0.3, -0.25) is 4.55 Å². The Kier molecular flexibility index (Phi) is 6.13. The van der Waals surface area contributed by atoms with Gasteiger partial charge in [-0.1, -0.05) is 6.92 Å². The molecular weight excluding hydrogens is 230 g/mol. The summed E-state index contributed by atoms with van der Waals surface area (Å²) < 4.78 is 28.4. The largest absolute Gasteiger partial charge is 0.344 e. The summed E-state index contributed by atoms with van der Waals surface area (Å²) in [6.45, 7) is 1.69. The first kappa shape index (κ1) is 12.8. The summed E-state index contributed by atoms with van der Waals surface area (Å²) in [5, 5.41) is 1.92. The highest BCUT2D eigenvalue weighted by molar-refractivity contribution is 7.85. The lowest BCUT2D eigenvalue weighted by Gasteiger charge is -1.85. The zero-order valence-electron chi connectivity index (χ0n) is 7.06. The van der Waals surface area contributed by atoms with E-state index in [1.54, 1.807) is 6.92 Å². The lowest BCUT2D eigenvalue weighted by molar-refractivity contribution is 0.482. The van der Waals surface area contributed by atoms with Crippen molar-refractivity contribution in [1.29, 1.82) is 0 Å². The number of H-pyrrole nitrogens is 1. The minimum Gasteiger partial charge on any atom is -0.344 e. The van der Waals surface area contributed by atoms with Crippen molar-refractivity contribution in [3.05, 3.63) is 15.5 Å². The van der Waals surface area contributed by atoms with Crippen LogP contribution in [0.5, 0.6) is 0 Å². The van der Waals surface area contributed by atoms with Gasteiger partial charge in [-0.15, -0.1) is 11.3 Å². The van der Waals surface area contributed by atoms with E-state index in [-0.39, 0.29) is 5.75 Å². The van der Waals surface area contributed by atoms with Crippen LogP contribution in [0.1, 0.15) is 13.3 Å². The molecule has 1 heterocycles. The molecule has 13 heavy (non-hydrogen) atoms. The van der Waals surface area contributed by atoms with Crippen molar-refractivity contribution in [1.82, 2.24) is 4.98 Å². The second-order valence-electron chi connectivity index (χ2n) is 2.14. The second-order valence-corrected chi connectivity index (χ2v) is 5.29. The fourth-order valence-corrected chi connectivity index (χ4v) is 1.64. The van der Waals surface area contributed by atoms with Crippen LogP contribution in [0.15, 0.2) is 11.6 Å². The van der Waals surface area contributed by atoms with Crippen LogP contribution in [0, 0.1) is 3.95 Å². The number of hydrogen-bond donors (Lipinski definition) is 2. The number of aromatic amines is 1. The predicted molar refractivity (Wildman–Crippen MR) is 56.2 cm³/mol. The summed E-state index contributed by atoms with van der Waals surface area (Å²) in [7, 11) is -3.67. The first-order valence-corrected chi connectivity index (χ1v) is 6.42. The molecule has 0 radical (unpaired) electrons. The molecule has 0 spiro atoms. The van der Waals surface area contributed by atoms with Gasteiger partial charge in [-0.25, -0.2) is 0 Å². The maximum absolute atomic E-state index is 9.79. The van der Waals surface area contributed by atoms with Gasteiger partial charge in [0.25, 0.3) is 10.1 Å². The maximum Gasteiger partial charge on any atom is 0.264 e. The van der Waals surface area contributed by atoms with Crippen LogP contribution >= 0.6 is 23.6 Å². The van der Waals surface area contributed by atoms with Crippen LogP contribution < -0.4 is 0 Å². The monoisotopic (exact) mass is 241 g/mol. The molecular formula is C6H11NO3S3. The third-order valence-corrected chi connectivity index (χ3v) is 2.84. The maximum atomic E-state index is 9.79. The number of hydrogen-bond acceptors (Lipinski definition) is 4. The molecule has 0 atom stereocenters. The smallest absolute Gasteiger partial charge is 0.264 e. The van der Waals surface area contributed by atoms with E-state index in [9.17, 15) is 8.42 Å². The van der Waals surface area contributed by atoms with E-state index in [0.29, 0.717) is 6.42 Å². The molecule has 0 saturated heterocycles. The van der Waals surface area contributed by atoms with E-state index in [1.165, 1.54) is 11.3 Å². The van der Waals surface area contributed by atoms with E-state index in [2.05, 4.69) is 4.98 Å². The van der Waals surface area contributed by atoms with Gasteiger partial charge in [0.1, 0.15) is 0 Å². The predicted octanol–water partition coefficient (Wildman–Crippen LogP) is 2.09. The minimum atomic E-state index is -3.67. The van der Waals surface area contributed by atoms with Gasteiger partial charge in [0.05, 0.1) is 5.75 Å². The quantitative estimate of drug-likeness (QED) is 0.614. The molecule has 0 bridgehead atoms. The summed E-state index contributed by atoms with van der Waals surface area (Å²) in [5.74, 6) is -0.132. The number of thiazole rings is 1. The molecule has 0 saturated carbocycles. The minimum absolute atomic E-state index is 0.132. The Morgan fingerprint density at radius 1 is 1.69 bits per heavy atom. The molecule has 4 nitrogen and oxygen atoms in total. The van der Waals surface area contributed by atoms with E-state index in [4.69, 9.17) is 16.8 Å². The Labute approximate surface area is 86.4 Å². The molecule has 0 aliphatic carbocycles. The first-order valence-electron chi connectivity index (χ1n) is 3.53. The molecule has 0 amide bonds. The highest BCUT2D eigenvalue weighted by atomic mass is 32.2. The fourth-order valence-electron chi connectivity index (χ4n) is 0.490. The van der Waals surface area contributed by atoms with E-state index in [0.717, 1.165) is 3.95 Å². The number of nitrogens with one attached hydrogen (secondary N) is 1. The molecule has 1 aromatic rings. The Morgan fingerprint density at radius 3 is 2.38 bits per heavy atom. The van der Waals surface area contributed by atoms with E-state index in [1.807, 2.05) is 11.6 Å². The first-order chi connectivity index (χ1) is 5.95. The van der Waals surface area contributed by atoms with Gasteiger partial charge in [-0.05, 0) is 18.6 Å². The molecule has 0 fully saturated rings. The molecule has 1 aromatic heterocycles. The molecule has 7 heteroatoms. The van der Waals surface area contributed by atoms with Crippen molar-refractivity contribution in [2.75, 3.05) is 5.75 Å². The van der Waals surface area contributed by atoms with Crippen LogP contribution in [0.3, 0.4) is 0 Å². The van der Waals surface area contributed by atoms with Crippen LogP contribution in [0.2, 0.25) is 0 Å². The SMILES string of the molecule is CCCS(=O)(=O)O.S=c1[nH]ccs1. The van der Waals surface area contributed by atoms with Crippen molar-refractivity contribution in [2.24, 2.45) is 0 Å². The van der Waals surface area contributed by atoms with Crippen LogP contribution in [-0.4, -0.2) is 23.7 Å². The van der Waals surface area contributed by atoms with Crippen LogP contribution in [0.4, 0.5) is 0 Å². The molecule has 0 aromatic carbocycles. The lowest BCUT2D eigenvalue weighted by atomic mass is 10.6. The van der Waals surface area contributed by atoms with Crippen LogP contribution in [0.25, 0.3) is 0 Å². The van der Waals surface area contributed by atoms with Gasteiger partial charge in [0.15, 0.2) is 3.95 Å². The number of aromatic nitrogens is 1. The summed E-state index contributed by atoms with van der Waals surface area (Å²) in [5.41, 5.74) is 0. The topological polar surface area (TPSA) is 70.2 Å². The summed E-state index contributed by atoms with van der Waals surface area (Å²) in [4.78, 5) is 2.83. The van der Waals surface area contributed by atoms with Crippen molar-refractivity contribution >= 4 is 33.7 Å². The Balaban J connectivity index is 0.000000223. The third kappa shape index (κ3) is 9.68. The zero-order chi connectivity index (χ0) is 10.3. The standard InChI is InChI=1S/C3H3NS2.C3H8O3S/c5-3-4-1-2-6-3;1-2-3-7(4,5)6/h1-2H,(H,4,5);2-3H2,1H3,(H,4,5,6). The summed E-state index contributed by atoms with van der Waals surface area (Å²) in [6, 6.07) is 0. The average molecular weight is 241 g/mol. The molecule has 0 unspecified atom stereocenters. The lowest BCUT2D eigenvalue weighted by Crippen LogP contribution is -2.01. The molecule has 1 rings (SSSR count). The summed E-state index contributed by atoms with van der Waals surface area (Å²) in [6.07, 6.45) is 2.30. The van der Waals surface area contributed by atoms with Gasteiger partial charge in [0.2, 0.25) is 0 Å². The molecule has 2 N–H and O–H groups in total. The number of rotatable bonds is 2. The van der Waals surface area contributed by atoms with Gasteiger partial charge < -0.3 is 4.98 Å². The third-order valence-electron chi connectivity index (χ3n) is 0.906. The van der Waals surface area contributed by atoms with E-state index >= 15 is 0 Å². The fraction of sp³-hybridized carbons (Fsp3) is 0.500.